The molecule has 0 unspecified atom stereocenters. The number of sulfonamides is 1. The summed E-state index contributed by atoms with van der Waals surface area (Å²) in [5.74, 6) is -1.72. The largest absolute Gasteiger partial charge is 0.477 e. The van der Waals surface area contributed by atoms with E-state index in [2.05, 4.69) is 9.71 Å². The summed E-state index contributed by atoms with van der Waals surface area (Å²) >= 11 is 0. The van der Waals surface area contributed by atoms with Crippen molar-refractivity contribution >= 4 is 16.0 Å². The average molecular weight is 312 g/mol. The quantitative estimate of drug-likeness (QED) is 0.785. The molecule has 0 amide bonds. The van der Waals surface area contributed by atoms with Crippen LogP contribution in [-0.2, 0) is 10.0 Å². The minimum atomic E-state index is -3.90. The molecule has 0 aliphatic carbocycles. The number of aromatic nitrogens is 1. The summed E-state index contributed by atoms with van der Waals surface area (Å²) in [4.78, 5) is 12.9. The lowest BCUT2D eigenvalue weighted by molar-refractivity contribution is 0.0691. The summed E-state index contributed by atoms with van der Waals surface area (Å²) < 4.78 is 39.7. The number of nitrogens with one attached hydrogen (secondary N) is 2. The van der Waals surface area contributed by atoms with E-state index in [4.69, 9.17) is 5.11 Å². The highest BCUT2D eigenvalue weighted by Crippen LogP contribution is 2.18. The van der Waals surface area contributed by atoms with E-state index in [0.717, 1.165) is 12.3 Å². The molecule has 0 fully saturated rings. The van der Waals surface area contributed by atoms with Crippen LogP contribution in [0.2, 0.25) is 0 Å². The van der Waals surface area contributed by atoms with Crippen molar-refractivity contribution < 1.29 is 22.7 Å². The Hall–Kier alpha value is -2.19. The molecule has 0 bridgehead atoms. The molecule has 0 aliphatic rings. The number of aromatic amines is 1. The molecular formula is C13H13FN2O4S. The predicted molar refractivity (Wildman–Crippen MR) is 72.9 cm³/mol. The number of halogens is 1. The van der Waals surface area contributed by atoms with Gasteiger partial charge in [0.1, 0.15) is 16.4 Å². The van der Waals surface area contributed by atoms with Crippen LogP contribution in [0.4, 0.5) is 4.39 Å². The molecule has 0 aliphatic heterocycles. The molecule has 1 aromatic heterocycles. The van der Waals surface area contributed by atoms with E-state index < -0.39 is 27.9 Å². The van der Waals surface area contributed by atoms with Crippen molar-refractivity contribution in [3.05, 3.63) is 53.6 Å². The lowest BCUT2D eigenvalue weighted by Gasteiger charge is -2.13. The fourth-order valence-electron chi connectivity index (χ4n) is 1.80. The van der Waals surface area contributed by atoms with Crippen LogP contribution in [0.15, 0.2) is 41.4 Å². The first kappa shape index (κ1) is 15.2. The maximum absolute atomic E-state index is 13.1. The van der Waals surface area contributed by atoms with Crippen LogP contribution in [0.5, 0.6) is 0 Å². The number of H-pyrrole nitrogens is 1. The highest BCUT2D eigenvalue weighted by molar-refractivity contribution is 7.89. The number of hydrogen-bond donors (Lipinski definition) is 3. The number of carboxylic acids is 1. The molecule has 8 heteroatoms. The number of benzene rings is 1. The minimum absolute atomic E-state index is 0.192. The van der Waals surface area contributed by atoms with Gasteiger partial charge in [-0.25, -0.2) is 22.3 Å². The van der Waals surface area contributed by atoms with Crippen LogP contribution in [0.25, 0.3) is 0 Å². The first-order valence-electron chi connectivity index (χ1n) is 5.99. The van der Waals surface area contributed by atoms with E-state index in [-0.39, 0.29) is 10.6 Å². The maximum Gasteiger partial charge on any atom is 0.352 e. The summed E-state index contributed by atoms with van der Waals surface area (Å²) in [5.41, 5.74) is 0.237. The monoisotopic (exact) mass is 312 g/mol. The van der Waals surface area contributed by atoms with Gasteiger partial charge in [0.2, 0.25) is 10.0 Å². The minimum Gasteiger partial charge on any atom is -0.477 e. The Morgan fingerprint density at radius 2 is 2.10 bits per heavy atom. The first-order valence-corrected chi connectivity index (χ1v) is 7.47. The standard InChI is InChI=1S/C13H13FN2O4S/c1-8(9-3-2-4-10(14)5-9)16-21(19,20)11-6-12(13(17)18)15-7-11/h2-8,15-16H,1H3,(H,17,18)/t8-/m1/s1. The van der Waals surface area contributed by atoms with Gasteiger partial charge < -0.3 is 10.1 Å². The Labute approximate surface area is 120 Å². The molecule has 1 atom stereocenters. The van der Waals surface area contributed by atoms with Gasteiger partial charge in [-0.3, -0.25) is 0 Å². The van der Waals surface area contributed by atoms with Crippen molar-refractivity contribution in [3.8, 4) is 0 Å². The molecule has 0 spiro atoms. The number of rotatable bonds is 5. The number of aromatic carboxylic acids is 1. The van der Waals surface area contributed by atoms with Crippen LogP contribution in [-0.4, -0.2) is 24.5 Å². The van der Waals surface area contributed by atoms with E-state index in [1.54, 1.807) is 13.0 Å². The van der Waals surface area contributed by atoms with Gasteiger partial charge in [0.15, 0.2) is 0 Å². The summed E-state index contributed by atoms with van der Waals surface area (Å²) in [6.07, 6.45) is 1.09. The van der Waals surface area contributed by atoms with Crippen LogP contribution >= 0.6 is 0 Å². The second kappa shape index (κ2) is 5.66. The van der Waals surface area contributed by atoms with E-state index in [1.807, 2.05) is 0 Å². The fourth-order valence-corrected chi connectivity index (χ4v) is 3.02. The van der Waals surface area contributed by atoms with Crippen LogP contribution in [0.1, 0.15) is 29.0 Å². The molecule has 1 aromatic carbocycles. The second-order valence-electron chi connectivity index (χ2n) is 4.45. The third-order valence-electron chi connectivity index (χ3n) is 2.88. The first-order chi connectivity index (χ1) is 9.79. The summed E-state index contributed by atoms with van der Waals surface area (Å²) in [6.45, 7) is 1.57. The Kier molecular flexibility index (Phi) is 4.10. The van der Waals surface area contributed by atoms with Gasteiger partial charge in [-0.05, 0) is 30.7 Å². The van der Waals surface area contributed by atoms with Crippen molar-refractivity contribution in [1.29, 1.82) is 0 Å². The van der Waals surface area contributed by atoms with Gasteiger partial charge in [0.05, 0.1) is 0 Å². The Morgan fingerprint density at radius 1 is 1.38 bits per heavy atom. The fraction of sp³-hybridized carbons (Fsp3) is 0.154. The Morgan fingerprint density at radius 3 is 2.67 bits per heavy atom. The van der Waals surface area contributed by atoms with E-state index in [0.29, 0.717) is 5.56 Å². The third-order valence-corrected chi connectivity index (χ3v) is 4.40. The SMILES string of the molecule is C[C@@H](NS(=O)(=O)c1c[nH]c(C(=O)O)c1)c1cccc(F)c1. The van der Waals surface area contributed by atoms with E-state index >= 15 is 0 Å². The highest BCUT2D eigenvalue weighted by atomic mass is 32.2. The molecule has 6 nitrogen and oxygen atoms in total. The van der Waals surface area contributed by atoms with Crippen LogP contribution < -0.4 is 4.72 Å². The Balaban J connectivity index is 2.22. The van der Waals surface area contributed by atoms with Crippen molar-refractivity contribution in [2.75, 3.05) is 0 Å². The Bertz CT molecular complexity index is 770. The van der Waals surface area contributed by atoms with Gasteiger partial charge in [0, 0.05) is 12.2 Å². The molecule has 112 valence electrons. The van der Waals surface area contributed by atoms with Crippen LogP contribution in [0, 0.1) is 5.82 Å². The molecule has 0 saturated carbocycles. The number of hydrogen-bond acceptors (Lipinski definition) is 3. The van der Waals surface area contributed by atoms with Gasteiger partial charge in [-0.1, -0.05) is 12.1 Å². The molecule has 0 saturated heterocycles. The van der Waals surface area contributed by atoms with Crippen molar-refractivity contribution in [1.82, 2.24) is 9.71 Å². The topological polar surface area (TPSA) is 99.3 Å². The van der Waals surface area contributed by atoms with Crippen molar-refractivity contribution in [3.63, 3.8) is 0 Å². The number of carbonyl (C=O) groups is 1. The lowest BCUT2D eigenvalue weighted by atomic mass is 10.1. The zero-order chi connectivity index (χ0) is 15.6. The van der Waals surface area contributed by atoms with Gasteiger partial charge in [-0.15, -0.1) is 0 Å². The molecule has 2 aromatic rings. The maximum atomic E-state index is 13.1. The van der Waals surface area contributed by atoms with Gasteiger partial charge in [-0.2, -0.15) is 0 Å². The zero-order valence-electron chi connectivity index (χ0n) is 11.0. The summed E-state index contributed by atoms with van der Waals surface area (Å²) in [5, 5.41) is 8.77. The average Bonchev–Trinajstić information content (AvgIpc) is 2.88. The highest BCUT2D eigenvalue weighted by Gasteiger charge is 2.21. The summed E-state index contributed by atoms with van der Waals surface area (Å²) in [6, 6.07) is 5.92. The van der Waals surface area contributed by atoms with E-state index in [9.17, 15) is 17.6 Å². The molecule has 1 heterocycles. The normalized spacial score (nSPS) is 13.0. The predicted octanol–water partition coefficient (Wildman–Crippen LogP) is 1.89. The van der Waals surface area contributed by atoms with Gasteiger partial charge in [0.25, 0.3) is 0 Å². The second-order valence-corrected chi connectivity index (χ2v) is 6.17. The molecule has 0 radical (unpaired) electrons. The lowest BCUT2D eigenvalue weighted by Crippen LogP contribution is -2.26. The van der Waals surface area contributed by atoms with Gasteiger partial charge >= 0.3 is 5.97 Å². The summed E-state index contributed by atoms with van der Waals surface area (Å²) in [7, 11) is -3.90. The van der Waals surface area contributed by atoms with E-state index in [1.165, 1.54) is 18.2 Å². The third kappa shape index (κ3) is 3.47. The zero-order valence-corrected chi connectivity index (χ0v) is 11.8. The molecule has 21 heavy (non-hydrogen) atoms. The molecule has 3 N–H and O–H groups in total. The smallest absolute Gasteiger partial charge is 0.352 e. The molecular weight excluding hydrogens is 299 g/mol. The van der Waals surface area contributed by atoms with Crippen molar-refractivity contribution in [2.24, 2.45) is 0 Å². The van der Waals surface area contributed by atoms with Crippen LogP contribution in [0.3, 0.4) is 0 Å². The number of carboxylic acid groups (broad SMARTS) is 1. The molecule has 2 rings (SSSR count). The van der Waals surface area contributed by atoms with Crippen molar-refractivity contribution in [2.45, 2.75) is 17.9 Å².